The van der Waals surface area contributed by atoms with Gasteiger partial charge in [0.2, 0.25) is 0 Å². The van der Waals surface area contributed by atoms with Crippen LogP contribution in [-0.4, -0.2) is 21.5 Å². The molecule has 0 unspecified atom stereocenters. The molecule has 6 heteroatoms. The largest absolute Gasteiger partial charge is 0.369 e. The van der Waals surface area contributed by atoms with Gasteiger partial charge in [-0.3, -0.25) is 9.97 Å². The monoisotopic (exact) mass is 269 g/mol. The third kappa shape index (κ3) is 3.20. The van der Waals surface area contributed by atoms with Crippen LogP contribution in [0.15, 0.2) is 35.4 Å². The van der Waals surface area contributed by atoms with Gasteiger partial charge in [-0.1, -0.05) is 19.9 Å². The summed E-state index contributed by atoms with van der Waals surface area (Å²) < 4.78 is 0. The molecule has 2 aromatic rings. The lowest BCUT2D eigenvalue weighted by Gasteiger charge is -2.25. The lowest BCUT2D eigenvalue weighted by atomic mass is 9.86. The van der Waals surface area contributed by atoms with E-state index in [0.717, 1.165) is 5.56 Å². The summed E-state index contributed by atoms with van der Waals surface area (Å²) in [6.07, 6.45) is 3.54. The number of nitriles is 1. The van der Waals surface area contributed by atoms with Crippen molar-refractivity contribution in [2.24, 2.45) is 0 Å². The van der Waals surface area contributed by atoms with Gasteiger partial charge in [-0.25, -0.2) is 4.79 Å². The molecule has 2 rings (SSSR count). The molecule has 2 heterocycles. The summed E-state index contributed by atoms with van der Waals surface area (Å²) >= 11 is 0. The summed E-state index contributed by atoms with van der Waals surface area (Å²) in [6, 6.07) is 7.29. The fourth-order valence-corrected chi connectivity index (χ4v) is 1.79. The summed E-state index contributed by atoms with van der Waals surface area (Å²) in [6.45, 7) is 4.70. The van der Waals surface area contributed by atoms with Gasteiger partial charge in [0, 0.05) is 30.4 Å². The van der Waals surface area contributed by atoms with E-state index in [1.165, 1.54) is 6.07 Å². The lowest BCUT2D eigenvalue weighted by Crippen LogP contribution is -2.29. The van der Waals surface area contributed by atoms with E-state index in [1.54, 1.807) is 6.20 Å². The van der Waals surface area contributed by atoms with E-state index in [1.807, 2.05) is 24.4 Å². The van der Waals surface area contributed by atoms with Crippen molar-refractivity contribution in [2.75, 3.05) is 11.9 Å². The summed E-state index contributed by atoms with van der Waals surface area (Å²) in [7, 11) is 0. The van der Waals surface area contributed by atoms with Crippen molar-refractivity contribution in [3.05, 3.63) is 52.3 Å². The zero-order valence-corrected chi connectivity index (χ0v) is 11.3. The number of rotatable bonds is 4. The summed E-state index contributed by atoms with van der Waals surface area (Å²) in [5.74, 6) is 0.391. The standard InChI is InChI=1S/C14H15N5O/c1-14(2,10-4-3-5-16-8-10)9-17-12-6-11(7-15)18-13(20)19-12/h3-6,8H,9H2,1-2H3,(H2,17,18,19,20). The Bertz CT molecular complexity index is 685. The molecule has 2 N–H and O–H groups in total. The van der Waals surface area contributed by atoms with Gasteiger partial charge in [0.25, 0.3) is 0 Å². The summed E-state index contributed by atoms with van der Waals surface area (Å²) in [4.78, 5) is 21.5. The Morgan fingerprint density at radius 3 is 2.95 bits per heavy atom. The topological polar surface area (TPSA) is 94.5 Å². The van der Waals surface area contributed by atoms with E-state index in [0.29, 0.717) is 12.4 Å². The second-order valence-electron chi connectivity index (χ2n) is 5.08. The molecule has 0 aliphatic rings. The van der Waals surface area contributed by atoms with Crippen LogP contribution in [0.25, 0.3) is 0 Å². The highest BCUT2D eigenvalue weighted by Crippen LogP contribution is 2.22. The molecule has 0 aliphatic carbocycles. The second-order valence-corrected chi connectivity index (χ2v) is 5.08. The average Bonchev–Trinajstić information content (AvgIpc) is 2.45. The number of hydrogen-bond donors (Lipinski definition) is 2. The molecule has 0 atom stereocenters. The van der Waals surface area contributed by atoms with E-state index in [-0.39, 0.29) is 11.1 Å². The smallest absolute Gasteiger partial charge is 0.347 e. The lowest BCUT2D eigenvalue weighted by molar-refractivity contribution is 0.553. The maximum absolute atomic E-state index is 11.3. The Labute approximate surface area is 116 Å². The highest BCUT2D eigenvalue weighted by atomic mass is 16.1. The van der Waals surface area contributed by atoms with Crippen LogP contribution in [-0.2, 0) is 5.41 Å². The summed E-state index contributed by atoms with van der Waals surface area (Å²) in [5, 5.41) is 11.9. The van der Waals surface area contributed by atoms with Crippen LogP contribution < -0.4 is 11.0 Å². The molecule has 0 aliphatic heterocycles. The molecule has 0 spiro atoms. The van der Waals surface area contributed by atoms with E-state index in [2.05, 4.69) is 34.1 Å². The van der Waals surface area contributed by atoms with Crippen molar-refractivity contribution in [2.45, 2.75) is 19.3 Å². The average molecular weight is 269 g/mol. The number of aromatic nitrogens is 3. The van der Waals surface area contributed by atoms with Gasteiger partial charge in [-0.05, 0) is 11.6 Å². The van der Waals surface area contributed by atoms with Crippen LogP contribution in [0.5, 0.6) is 0 Å². The van der Waals surface area contributed by atoms with E-state index in [4.69, 9.17) is 5.26 Å². The minimum atomic E-state index is -0.536. The third-order valence-corrected chi connectivity index (χ3v) is 3.02. The van der Waals surface area contributed by atoms with Gasteiger partial charge in [0.15, 0.2) is 0 Å². The first kappa shape index (κ1) is 13.7. The molecule has 0 bridgehead atoms. The molecule has 0 radical (unpaired) electrons. The van der Waals surface area contributed by atoms with Crippen molar-refractivity contribution < 1.29 is 0 Å². The maximum atomic E-state index is 11.3. The number of H-pyrrole nitrogens is 1. The molecule has 0 saturated carbocycles. The van der Waals surface area contributed by atoms with Crippen LogP contribution in [0.4, 0.5) is 5.82 Å². The molecule has 6 nitrogen and oxygen atoms in total. The number of nitrogens with zero attached hydrogens (tertiary/aromatic N) is 3. The Hall–Kier alpha value is -2.68. The molecular weight excluding hydrogens is 254 g/mol. The van der Waals surface area contributed by atoms with Crippen molar-refractivity contribution in [3.63, 3.8) is 0 Å². The van der Waals surface area contributed by atoms with Gasteiger partial charge in [0.05, 0.1) is 0 Å². The number of nitrogens with one attached hydrogen (secondary N) is 2. The number of hydrogen-bond acceptors (Lipinski definition) is 5. The van der Waals surface area contributed by atoms with Crippen molar-refractivity contribution in [1.29, 1.82) is 5.26 Å². The fraction of sp³-hybridized carbons (Fsp3) is 0.286. The minimum absolute atomic E-state index is 0.175. The quantitative estimate of drug-likeness (QED) is 0.875. The van der Waals surface area contributed by atoms with Crippen molar-refractivity contribution in [3.8, 4) is 6.07 Å². The zero-order valence-electron chi connectivity index (χ0n) is 11.3. The number of anilines is 1. The minimum Gasteiger partial charge on any atom is -0.369 e. The van der Waals surface area contributed by atoms with Crippen LogP contribution in [0.2, 0.25) is 0 Å². The highest BCUT2D eigenvalue weighted by Gasteiger charge is 2.20. The van der Waals surface area contributed by atoms with Gasteiger partial charge >= 0.3 is 5.69 Å². The maximum Gasteiger partial charge on any atom is 0.347 e. The van der Waals surface area contributed by atoms with Crippen LogP contribution in [0.1, 0.15) is 25.1 Å². The van der Waals surface area contributed by atoms with Crippen molar-refractivity contribution >= 4 is 5.82 Å². The molecule has 102 valence electrons. The third-order valence-electron chi connectivity index (χ3n) is 3.02. The Kier molecular flexibility index (Phi) is 3.80. The predicted molar refractivity (Wildman–Crippen MR) is 75.3 cm³/mol. The highest BCUT2D eigenvalue weighted by molar-refractivity contribution is 5.39. The molecule has 0 amide bonds. The Morgan fingerprint density at radius 1 is 1.50 bits per heavy atom. The number of pyridine rings is 1. The van der Waals surface area contributed by atoms with Crippen LogP contribution in [0.3, 0.4) is 0 Å². The SMILES string of the molecule is CC(C)(CNc1cc(C#N)[nH]c(=O)n1)c1cccnc1. The predicted octanol–water partition coefficient (Wildman–Crippen LogP) is 1.43. The Balaban J connectivity index is 2.15. The Morgan fingerprint density at radius 2 is 2.30 bits per heavy atom. The first-order valence-electron chi connectivity index (χ1n) is 6.17. The molecular formula is C14H15N5O. The van der Waals surface area contributed by atoms with Gasteiger partial charge in [-0.15, -0.1) is 0 Å². The normalized spacial score (nSPS) is 10.8. The first-order chi connectivity index (χ1) is 9.51. The number of aromatic amines is 1. The van der Waals surface area contributed by atoms with Gasteiger partial charge < -0.3 is 5.32 Å². The van der Waals surface area contributed by atoms with Gasteiger partial charge in [-0.2, -0.15) is 10.2 Å². The molecule has 2 aromatic heterocycles. The first-order valence-corrected chi connectivity index (χ1v) is 6.17. The second kappa shape index (κ2) is 5.53. The van der Waals surface area contributed by atoms with E-state index < -0.39 is 5.69 Å². The molecule has 20 heavy (non-hydrogen) atoms. The van der Waals surface area contributed by atoms with Crippen molar-refractivity contribution in [1.82, 2.24) is 15.0 Å². The fourth-order valence-electron chi connectivity index (χ4n) is 1.79. The summed E-state index contributed by atoms with van der Waals surface area (Å²) in [5.41, 5.74) is 0.556. The van der Waals surface area contributed by atoms with Crippen LogP contribution in [0, 0.1) is 11.3 Å². The van der Waals surface area contributed by atoms with Crippen LogP contribution >= 0.6 is 0 Å². The molecule has 0 saturated heterocycles. The zero-order chi connectivity index (χ0) is 14.6. The van der Waals surface area contributed by atoms with E-state index in [9.17, 15) is 4.79 Å². The van der Waals surface area contributed by atoms with E-state index >= 15 is 0 Å². The molecule has 0 aromatic carbocycles. The van der Waals surface area contributed by atoms with Gasteiger partial charge in [0.1, 0.15) is 17.6 Å². The molecule has 0 fully saturated rings.